The molecule has 1 rings (SSSR count). The van der Waals surface area contributed by atoms with Crippen molar-refractivity contribution >= 4 is 16.1 Å². The van der Waals surface area contributed by atoms with Crippen molar-refractivity contribution in [1.29, 1.82) is 0 Å². The maximum atomic E-state index is 2.43. The Morgan fingerprint density at radius 1 is 1.21 bits per heavy atom. The molecule has 1 aliphatic heterocycles. The largest absolute Gasteiger partial charge is 0.643 e. The van der Waals surface area contributed by atoms with Crippen molar-refractivity contribution in [1.82, 2.24) is 4.57 Å². The topological polar surface area (TPSA) is 6.25 Å². The highest BCUT2D eigenvalue weighted by Crippen LogP contribution is 1.99. The van der Waals surface area contributed by atoms with E-state index < -0.39 is 0 Å². The Kier molecular flexibility index (Phi) is 5.60. The summed E-state index contributed by atoms with van der Waals surface area (Å²) in [6.45, 7) is 6.92. The van der Waals surface area contributed by atoms with Gasteiger partial charge in [0.05, 0.1) is 0 Å². The summed E-state index contributed by atoms with van der Waals surface area (Å²) < 4.78 is 4.86. The van der Waals surface area contributed by atoms with Crippen molar-refractivity contribution in [3.05, 3.63) is 12.3 Å². The van der Waals surface area contributed by atoms with E-state index in [1.54, 1.807) is 0 Å². The molecule has 0 aliphatic carbocycles. The van der Waals surface area contributed by atoms with Crippen LogP contribution >= 0.6 is 0 Å². The third-order valence-corrected chi connectivity index (χ3v) is 3.55. The highest BCUT2D eigenvalue weighted by Gasteiger charge is 2.18. The average molecular weight is 209 g/mol. The maximum Gasteiger partial charge on any atom is 0.643 e. The average Bonchev–Trinajstić information content (AvgIpc) is 2.24. The Hall–Kier alpha value is -0.573. The van der Waals surface area contributed by atoms with E-state index in [2.05, 4.69) is 41.1 Å². The molecule has 0 atom stereocenters. The SMILES string of the molecule is CCCCN1C=CC=[N+](CCCC)[Si]1. The van der Waals surface area contributed by atoms with Crippen LogP contribution in [0.15, 0.2) is 12.3 Å². The first kappa shape index (κ1) is 11.5. The minimum absolute atomic E-state index is 0.828. The van der Waals surface area contributed by atoms with E-state index in [0.29, 0.717) is 0 Å². The van der Waals surface area contributed by atoms with Gasteiger partial charge in [-0.25, -0.2) is 0 Å². The predicted octanol–water partition coefficient (Wildman–Crippen LogP) is 2.03. The van der Waals surface area contributed by atoms with Crippen LogP contribution in [0.25, 0.3) is 0 Å². The molecule has 1 heterocycles. The summed E-state index contributed by atoms with van der Waals surface area (Å²) in [4.78, 5) is 0. The van der Waals surface area contributed by atoms with Crippen molar-refractivity contribution in [3.63, 3.8) is 0 Å². The molecule has 2 radical (unpaired) electrons. The van der Waals surface area contributed by atoms with Crippen LogP contribution < -0.4 is 0 Å². The second-order valence-electron chi connectivity index (χ2n) is 3.68. The van der Waals surface area contributed by atoms with Crippen LogP contribution in [-0.4, -0.2) is 38.0 Å². The van der Waals surface area contributed by atoms with Gasteiger partial charge in [0.25, 0.3) is 0 Å². The quantitative estimate of drug-likeness (QED) is 0.607. The molecule has 0 fully saturated rings. The van der Waals surface area contributed by atoms with Gasteiger partial charge in [-0.3, -0.25) is 4.24 Å². The van der Waals surface area contributed by atoms with Gasteiger partial charge in [0, 0.05) is 25.2 Å². The molecule has 2 nitrogen and oxygen atoms in total. The van der Waals surface area contributed by atoms with Gasteiger partial charge in [-0.1, -0.05) is 26.7 Å². The lowest BCUT2D eigenvalue weighted by Gasteiger charge is -2.16. The molecule has 0 unspecified atom stereocenters. The molecule has 0 aromatic carbocycles. The number of hydrogen-bond donors (Lipinski definition) is 0. The number of hydrogen-bond acceptors (Lipinski definition) is 1. The first-order valence-electron chi connectivity index (χ1n) is 5.68. The van der Waals surface area contributed by atoms with E-state index in [0.717, 1.165) is 9.84 Å². The molecule has 0 aromatic rings. The Morgan fingerprint density at radius 3 is 2.71 bits per heavy atom. The van der Waals surface area contributed by atoms with Gasteiger partial charge < -0.3 is 4.57 Å². The van der Waals surface area contributed by atoms with Crippen molar-refractivity contribution in [2.45, 2.75) is 39.5 Å². The van der Waals surface area contributed by atoms with Crippen LogP contribution in [0.2, 0.25) is 0 Å². The second kappa shape index (κ2) is 6.82. The van der Waals surface area contributed by atoms with Gasteiger partial charge in [-0.05, 0) is 6.42 Å². The molecular weight excluding hydrogens is 188 g/mol. The van der Waals surface area contributed by atoms with Gasteiger partial charge in [0.2, 0.25) is 0 Å². The highest BCUT2D eigenvalue weighted by atomic mass is 28.2. The van der Waals surface area contributed by atoms with Crippen LogP contribution in [0.4, 0.5) is 0 Å². The van der Waals surface area contributed by atoms with Crippen LogP contribution in [0.5, 0.6) is 0 Å². The van der Waals surface area contributed by atoms with E-state index >= 15 is 0 Å². The van der Waals surface area contributed by atoms with Gasteiger partial charge in [0.15, 0.2) is 0 Å². The Balaban J connectivity index is 2.27. The van der Waals surface area contributed by atoms with Crippen LogP contribution in [-0.2, 0) is 0 Å². The fraction of sp³-hybridized carbons (Fsp3) is 0.727. The van der Waals surface area contributed by atoms with Crippen LogP contribution in [0, 0.1) is 0 Å². The summed E-state index contributed by atoms with van der Waals surface area (Å²) >= 11 is 0. The van der Waals surface area contributed by atoms with Crippen molar-refractivity contribution in [3.8, 4) is 0 Å². The monoisotopic (exact) mass is 209 g/mol. The molecule has 0 spiro atoms. The molecule has 0 amide bonds. The molecule has 0 bridgehead atoms. The third kappa shape index (κ3) is 4.09. The molecule has 0 saturated carbocycles. The first-order valence-corrected chi connectivity index (χ1v) is 6.57. The minimum atomic E-state index is 0.828. The number of unbranched alkanes of at least 4 members (excludes halogenated alkanes) is 2. The Bertz CT molecular complexity index is 211. The fourth-order valence-corrected chi connectivity index (χ4v) is 2.54. The van der Waals surface area contributed by atoms with Gasteiger partial charge >= 0.3 is 9.84 Å². The number of rotatable bonds is 6. The highest BCUT2D eigenvalue weighted by molar-refractivity contribution is 6.24. The molecule has 0 N–H and O–H groups in total. The van der Waals surface area contributed by atoms with Gasteiger partial charge in [0.1, 0.15) is 12.8 Å². The lowest BCUT2D eigenvalue weighted by atomic mass is 10.3. The summed E-state index contributed by atoms with van der Waals surface area (Å²) in [5.74, 6) is 0. The third-order valence-electron chi connectivity index (χ3n) is 2.29. The summed E-state index contributed by atoms with van der Waals surface area (Å²) in [5, 5.41) is 0. The van der Waals surface area contributed by atoms with E-state index in [1.807, 2.05) is 0 Å². The zero-order valence-electron chi connectivity index (χ0n) is 9.37. The summed E-state index contributed by atoms with van der Waals surface area (Å²) in [7, 11) is 0.828. The summed E-state index contributed by atoms with van der Waals surface area (Å²) in [6, 6.07) is 0. The second-order valence-corrected chi connectivity index (χ2v) is 5.03. The molecule has 1 aliphatic rings. The van der Waals surface area contributed by atoms with E-state index in [1.165, 1.54) is 38.8 Å². The molecule has 3 heteroatoms. The molecule has 78 valence electrons. The fourth-order valence-electron chi connectivity index (χ4n) is 1.38. The lowest BCUT2D eigenvalue weighted by molar-refractivity contribution is -0.385. The first-order chi connectivity index (χ1) is 6.86. The normalized spacial score (nSPS) is 15.9. The van der Waals surface area contributed by atoms with E-state index in [9.17, 15) is 0 Å². The number of nitrogens with zero attached hydrogens (tertiary/aromatic N) is 2. The maximum absolute atomic E-state index is 2.43. The van der Waals surface area contributed by atoms with Crippen molar-refractivity contribution in [2.75, 3.05) is 13.1 Å². The van der Waals surface area contributed by atoms with Gasteiger partial charge in [-0.2, -0.15) is 0 Å². The predicted molar refractivity (Wildman–Crippen MR) is 62.6 cm³/mol. The van der Waals surface area contributed by atoms with Crippen LogP contribution in [0.1, 0.15) is 39.5 Å². The molecule has 14 heavy (non-hydrogen) atoms. The smallest absolute Gasteiger partial charge is 0.343 e. The molecule has 0 aromatic heterocycles. The molecular formula is C11H21N2Si+. The Morgan fingerprint density at radius 2 is 2.00 bits per heavy atom. The lowest BCUT2D eigenvalue weighted by Crippen LogP contribution is -2.36. The van der Waals surface area contributed by atoms with Crippen LogP contribution in [0.3, 0.4) is 0 Å². The zero-order chi connectivity index (χ0) is 10.2. The van der Waals surface area contributed by atoms with Crippen molar-refractivity contribution < 1.29 is 4.24 Å². The number of allylic oxidation sites excluding steroid dienone is 1. The van der Waals surface area contributed by atoms with Crippen molar-refractivity contribution in [2.24, 2.45) is 0 Å². The van der Waals surface area contributed by atoms with E-state index in [-0.39, 0.29) is 0 Å². The Labute approximate surface area is 90.3 Å². The minimum Gasteiger partial charge on any atom is -0.343 e. The zero-order valence-corrected chi connectivity index (χ0v) is 10.4. The van der Waals surface area contributed by atoms with E-state index in [4.69, 9.17) is 0 Å². The van der Waals surface area contributed by atoms with Gasteiger partial charge in [-0.15, -0.1) is 0 Å². The summed E-state index contributed by atoms with van der Waals surface area (Å²) in [5.41, 5.74) is 0. The standard InChI is InChI=1S/C11H21N2Si/c1-3-5-8-12-10-7-11-13(14-12)9-6-4-2/h7,10-11H,3-6,8-9H2,1-2H3/q+1. The molecule has 0 saturated heterocycles. The summed E-state index contributed by atoms with van der Waals surface area (Å²) in [6.07, 6.45) is 11.8.